The Morgan fingerprint density at radius 1 is 1.07 bits per heavy atom. The molecule has 0 N–H and O–H groups in total. The van der Waals surface area contributed by atoms with Gasteiger partial charge in [0.1, 0.15) is 5.60 Å². The third-order valence-corrected chi connectivity index (χ3v) is 10.1. The van der Waals surface area contributed by atoms with Gasteiger partial charge in [0.15, 0.2) is 0 Å². The highest BCUT2D eigenvalue weighted by molar-refractivity contribution is 6.74. The van der Waals surface area contributed by atoms with E-state index in [4.69, 9.17) is 13.9 Å². The largest absolute Gasteiger partial charge is 0.546 e. The first kappa shape index (κ1) is 21.8. The lowest BCUT2D eigenvalue weighted by atomic mass is 10.00. The molecule has 2 atom stereocenters. The second-order valence-electron chi connectivity index (χ2n) is 10.0. The second kappa shape index (κ2) is 7.15. The summed E-state index contributed by atoms with van der Waals surface area (Å²) in [7, 11) is -0.739. The lowest BCUT2D eigenvalue weighted by Gasteiger charge is -2.42. The fraction of sp³-hybridized carbons (Fsp3) is 0.800. The fourth-order valence-corrected chi connectivity index (χ4v) is 4.50. The van der Waals surface area contributed by atoms with Crippen LogP contribution in [0.2, 0.25) is 18.1 Å². The molecule has 2 bridgehead atoms. The van der Waals surface area contributed by atoms with Gasteiger partial charge in [-0.1, -0.05) is 20.8 Å². The fourth-order valence-electron chi connectivity index (χ4n) is 3.39. The average molecular weight is 398 g/mol. The van der Waals surface area contributed by atoms with E-state index in [1.165, 1.54) is 7.11 Å². The quantitative estimate of drug-likeness (QED) is 0.514. The average Bonchev–Trinajstić information content (AvgIpc) is 2.79. The number of rotatable bonds is 3. The van der Waals surface area contributed by atoms with Gasteiger partial charge in [0.05, 0.1) is 24.5 Å². The molecule has 1 saturated heterocycles. The standard InChI is InChI=1S/C20H35NO5Si/c1-19(2,3)25-18(23)21-13-10-11-14(21)16(17(22)24-7)15(12-13)26-27(8,9)20(4,5)6/h13-14H,10-12H2,1-9H3. The molecule has 2 heterocycles. The van der Waals surface area contributed by atoms with Gasteiger partial charge in [0.2, 0.25) is 8.32 Å². The summed E-state index contributed by atoms with van der Waals surface area (Å²) < 4.78 is 17.2. The van der Waals surface area contributed by atoms with Crippen molar-refractivity contribution < 1.29 is 23.5 Å². The van der Waals surface area contributed by atoms with E-state index in [2.05, 4.69) is 33.9 Å². The van der Waals surface area contributed by atoms with Crippen molar-refractivity contribution in [2.24, 2.45) is 0 Å². The van der Waals surface area contributed by atoms with Crippen LogP contribution in [0.1, 0.15) is 60.8 Å². The number of carbonyl (C=O) groups excluding carboxylic acids is 2. The van der Waals surface area contributed by atoms with Crippen LogP contribution in [-0.4, -0.2) is 50.1 Å². The molecular formula is C20H35NO5Si. The van der Waals surface area contributed by atoms with E-state index in [0.29, 0.717) is 17.8 Å². The summed E-state index contributed by atoms with van der Waals surface area (Å²) in [4.78, 5) is 27.1. The molecular weight excluding hydrogens is 362 g/mol. The normalized spacial score (nSPS) is 23.4. The first-order chi connectivity index (χ1) is 12.2. The predicted molar refractivity (Wildman–Crippen MR) is 107 cm³/mol. The molecule has 2 rings (SSSR count). The van der Waals surface area contributed by atoms with E-state index >= 15 is 0 Å². The van der Waals surface area contributed by atoms with Gasteiger partial charge in [-0.25, -0.2) is 9.59 Å². The SMILES string of the molecule is COC(=O)C1=C(O[Si](C)(C)C(C)(C)C)CC2CCC1N2C(=O)OC(C)(C)C. The van der Waals surface area contributed by atoms with Crippen molar-refractivity contribution in [2.45, 2.75) is 96.6 Å². The van der Waals surface area contributed by atoms with Crippen molar-refractivity contribution >= 4 is 20.4 Å². The second-order valence-corrected chi connectivity index (χ2v) is 14.8. The Morgan fingerprint density at radius 2 is 1.67 bits per heavy atom. The van der Waals surface area contributed by atoms with Crippen molar-refractivity contribution in [1.29, 1.82) is 0 Å². The van der Waals surface area contributed by atoms with Crippen molar-refractivity contribution in [1.82, 2.24) is 4.90 Å². The Hall–Kier alpha value is -1.50. The van der Waals surface area contributed by atoms with Crippen LogP contribution in [0.25, 0.3) is 0 Å². The molecule has 0 spiro atoms. The van der Waals surface area contributed by atoms with Gasteiger partial charge in [0.25, 0.3) is 0 Å². The van der Waals surface area contributed by atoms with E-state index in [9.17, 15) is 9.59 Å². The van der Waals surface area contributed by atoms with Gasteiger partial charge in [0, 0.05) is 12.5 Å². The van der Waals surface area contributed by atoms with Crippen LogP contribution in [0.15, 0.2) is 11.3 Å². The first-order valence-electron chi connectivity index (χ1n) is 9.69. The molecule has 1 fully saturated rings. The van der Waals surface area contributed by atoms with E-state index < -0.39 is 19.9 Å². The molecule has 6 nitrogen and oxygen atoms in total. The molecule has 7 heteroatoms. The minimum absolute atomic E-state index is 0.00183. The molecule has 154 valence electrons. The minimum Gasteiger partial charge on any atom is -0.546 e. The molecule has 27 heavy (non-hydrogen) atoms. The zero-order valence-electron chi connectivity index (χ0n) is 18.3. The Balaban J connectivity index is 2.41. The number of ether oxygens (including phenoxy) is 2. The van der Waals surface area contributed by atoms with Crippen LogP contribution >= 0.6 is 0 Å². The van der Waals surface area contributed by atoms with Gasteiger partial charge < -0.3 is 13.9 Å². The molecule has 0 aliphatic carbocycles. The number of methoxy groups -OCH3 is 1. The maximum absolute atomic E-state index is 12.8. The molecule has 2 aliphatic heterocycles. The zero-order chi connectivity index (χ0) is 20.8. The highest BCUT2D eigenvalue weighted by Gasteiger charge is 2.50. The predicted octanol–water partition coefficient (Wildman–Crippen LogP) is 4.61. The Labute approximate surface area is 164 Å². The summed E-state index contributed by atoms with van der Waals surface area (Å²) in [6, 6.07) is -0.344. The Kier molecular flexibility index (Phi) is 5.77. The van der Waals surface area contributed by atoms with Gasteiger partial charge in [-0.2, -0.15) is 0 Å². The van der Waals surface area contributed by atoms with E-state index in [1.54, 1.807) is 4.90 Å². The third-order valence-electron chi connectivity index (χ3n) is 5.75. The van der Waals surface area contributed by atoms with E-state index in [-0.39, 0.29) is 23.2 Å². The summed E-state index contributed by atoms with van der Waals surface area (Å²) in [6.07, 6.45) is 1.71. The molecule has 0 aromatic rings. The van der Waals surface area contributed by atoms with Gasteiger partial charge >= 0.3 is 12.1 Å². The number of hydrogen-bond donors (Lipinski definition) is 0. The van der Waals surface area contributed by atoms with Gasteiger partial charge in [-0.05, 0) is 51.7 Å². The van der Waals surface area contributed by atoms with Crippen LogP contribution in [0.5, 0.6) is 0 Å². The van der Waals surface area contributed by atoms with Gasteiger partial charge in [-0.15, -0.1) is 0 Å². The molecule has 2 unspecified atom stereocenters. The molecule has 2 aliphatic rings. The topological polar surface area (TPSA) is 65.1 Å². The number of fused-ring (bicyclic) bond motifs is 2. The first-order valence-corrected chi connectivity index (χ1v) is 12.6. The number of carbonyl (C=O) groups is 2. The maximum Gasteiger partial charge on any atom is 0.411 e. The number of esters is 1. The molecule has 0 aromatic carbocycles. The van der Waals surface area contributed by atoms with Crippen LogP contribution in [0, 0.1) is 0 Å². The van der Waals surface area contributed by atoms with E-state index in [0.717, 1.165) is 12.8 Å². The third kappa shape index (κ3) is 4.50. The maximum atomic E-state index is 12.8. The molecule has 1 amide bonds. The summed E-state index contributed by atoms with van der Waals surface area (Å²) in [5.74, 6) is 0.295. The van der Waals surface area contributed by atoms with Crippen LogP contribution < -0.4 is 0 Å². The molecule has 0 saturated carbocycles. The summed E-state index contributed by atoms with van der Waals surface area (Å²) in [6.45, 7) is 16.4. The van der Waals surface area contributed by atoms with E-state index in [1.807, 2.05) is 20.8 Å². The lowest BCUT2D eigenvalue weighted by molar-refractivity contribution is -0.137. The van der Waals surface area contributed by atoms with Gasteiger partial charge in [-0.3, -0.25) is 4.90 Å². The van der Waals surface area contributed by atoms with Crippen LogP contribution in [-0.2, 0) is 18.7 Å². The van der Waals surface area contributed by atoms with Crippen LogP contribution in [0.3, 0.4) is 0 Å². The summed E-state index contributed by atoms with van der Waals surface area (Å²) >= 11 is 0. The Bertz CT molecular complexity index is 642. The molecule has 0 aromatic heterocycles. The molecule has 0 radical (unpaired) electrons. The van der Waals surface area contributed by atoms with Crippen molar-refractivity contribution in [3.05, 3.63) is 11.3 Å². The highest BCUT2D eigenvalue weighted by atomic mass is 28.4. The van der Waals surface area contributed by atoms with Crippen LogP contribution in [0.4, 0.5) is 4.79 Å². The zero-order valence-corrected chi connectivity index (χ0v) is 19.3. The summed E-state index contributed by atoms with van der Waals surface area (Å²) in [5, 5.41) is 0.0164. The van der Waals surface area contributed by atoms with Crippen molar-refractivity contribution in [3.63, 3.8) is 0 Å². The van der Waals surface area contributed by atoms with Crippen molar-refractivity contribution in [2.75, 3.05) is 7.11 Å². The lowest BCUT2D eigenvalue weighted by Crippen LogP contribution is -2.50. The number of nitrogens with zero attached hydrogens (tertiary/aromatic N) is 1. The highest BCUT2D eigenvalue weighted by Crippen LogP contribution is 2.45. The smallest absolute Gasteiger partial charge is 0.411 e. The monoisotopic (exact) mass is 397 g/mol. The minimum atomic E-state index is -2.11. The number of hydrogen-bond acceptors (Lipinski definition) is 5. The van der Waals surface area contributed by atoms with Crippen molar-refractivity contribution in [3.8, 4) is 0 Å². The Morgan fingerprint density at radius 3 is 2.15 bits per heavy atom. The number of amides is 1. The summed E-state index contributed by atoms with van der Waals surface area (Å²) in [5.41, 5.74) is -0.0919.